The third-order valence-corrected chi connectivity index (χ3v) is 5.84. The summed E-state index contributed by atoms with van der Waals surface area (Å²) < 4.78 is 1.80. The lowest BCUT2D eigenvalue weighted by molar-refractivity contribution is -0.480. The maximum atomic E-state index is 12.2. The molecule has 0 bridgehead atoms. The molecular weight excluding hydrogens is 272 g/mol. The molecule has 1 aliphatic heterocycles. The average Bonchev–Trinajstić information content (AvgIpc) is 2.82. The van der Waals surface area contributed by atoms with E-state index in [1.54, 1.807) is 17.6 Å². The van der Waals surface area contributed by atoms with Gasteiger partial charge in [-0.3, -0.25) is 0 Å². The van der Waals surface area contributed by atoms with Crippen LogP contribution >= 0.6 is 35.3 Å². The fraction of sp³-hybridized carbons (Fsp3) is 0.455. The number of likely N-dealkylation sites (N-methyl/N-ethyl adjacent to an activating group) is 1. The monoisotopic (exact) mass is 286 g/mol. The van der Waals surface area contributed by atoms with E-state index in [0.29, 0.717) is 0 Å². The molecule has 1 aromatic rings. The first-order valence-electron chi connectivity index (χ1n) is 5.21. The summed E-state index contributed by atoms with van der Waals surface area (Å²) in [6.07, 6.45) is 1.64. The van der Waals surface area contributed by atoms with E-state index in [1.807, 2.05) is 43.3 Å². The Labute approximate surface area is 115 Å². The molecule has 1 aromatic heterocycles. The van der Waals surface area contributed by atoms with Crippen molar-refractivity contribution in [3.8, 4) is 0 Å². The molecule has 6 heteroatoms. The lowest BCUT2D eigenvalue weighted by Gasteiger charge is -2.30. The number of thioether (sulfide) groups is 1. The second-order valence-corrected chi connectivity index (χ2v) is 7.15. The van der Waals surface area contributed by atoms with Gasteiger partial charge in [-0.1, -0.05) is 18.3 Å². The third-order valence-electron chi connectivity index (χ3n) is 2.98. The van der Waals surface area contributed by atoms with Crippen molar-refractivity contribution in [3.05, 3.63) is 27.6 Å². The van der Waals surface area contributed by atoms with E-state index in [0.717, 1.165) is 13.9 Å². The first-order chi connectivity index (χ1) is 7.93. The summed E-state index contributed by atoms with van der Waals surface area (Å²) >= 11 is 8.26. The van der Waals surface area contributed by atoms with Gasteiger partial charge in [-0.05, 0) is 37.1 Å². The lowest BCUT2D eigenvalue weighted by Crippen LogP contribution is -2.46. The Morgan fingerprint density at radius 2 is 2.29 bits per heavy atom. The van der Waals surface area contributed by atoms with Crippen LogP contribution in [0, 0.1) is 5.21 Å². The highest BCUT2D eigenvalue weighted by molar-refractivity contribution is 8.23. The fourth-order valence-corrected chi connectivity index (χ4v) is 3.98. The maximum Gasteiger partial charge on any atom is 0.238 e. The van der Waals surface area contributed by atoms with E-state index in [1.165, 1.54) is 11.8 Å². The van der Waals surface area contributed by atoms with E-state index in [4.69, 9.17) is 12.2 Å². The van der Waals surface area contributed by atoms with Gasteiger partial charge in [0.2, 0.25) is 5.37 Å². The topological polar surface area (TPSA) is 29.3 Å². The van der Waals surface area contributed by atoms with Crippen LogP contribution in [-0.2, 0) is 0 Å². The van der Waals surface area contributed by atoms with Crippen LogP contribution in [0.2, 0.25) is 0 Å². The molecule has 0 amide bonds. The lowest BCUT2D eigenvalue weighted by atomic mass is 10.0. The fourth-order valence-electron chi connectivity index (χ4n) is 1.64. The van der Waals surface area contributed by atoms with Crippen molar-refractivity contribution < 1.29 is 4.74 Å². The van der Waals surface area contributed by atoms with Gasteiger partial charge >= 0.3 is 0 Å². The van der Waals surface area contributed by atoms with E-state index in [2.05, 4.69) is 0 Å². The summed E-state index contributed by atoms with van der Waals surface area (Å²) in [6.45, 7) is 4.08. The summed E-state index contributed by atoms with van der Waals surface area (Å²) in [7, 11) is 1.94. The number of hydroxylamine groups is 1. The van der Waals surface area contributed by atoms with E-state index in [9.17, 15) is 5.21 Å². The van der Waals surface area contributed by atoms with E-state index in [-0.39, 0.29) is 10.9 Å². The molecular formula is C11H14N2OS3. The van der Waals surface area contributed by atoms with Crippen molar-refractivity contribution in [3.63, 3.8) is 0 Å². The third kappa shape index (κ3) is 2.34. The molecule has 0 saturated carbocycles. The van der Waals surface area contributed by atoms with Crippen molar-refractivity contribution in [1.29, 1.82) is 0 Å². The summed E-state index contributed by atoms with van der Waals surface area (Å²) in [5.74, 6) is 0. The second kappa shape index (κ2) is 4.59. The van der Waals surface area contributed by atoms with Crippen LogP contribution in [0.3, 0.4) is 0 Å². The molecule has 0 N–H and O–H groups in total. The molecule has 92 valence electrons. The second-order valence-electron chi connectivity index (χ2n) is 4.45. The number of rotatable bonds is 2. The van der Waals surface area contributed by atoms with Gasteiger partial charge in [0.05, 0.1) is 4.88 Å². The van der Waals surface area contributed by atoms with E-state index < -0.39 is 0 Å². The Hall–Kier alpha value is -0.590. The Bertz CT molecular complexity index is 453. The van der Waals surface area contributed by atoms with Crippen LogP contribution < -0.4 is 0 Å². The van der Waals surface area contributed by atoms with Crippen molar-refractivity contribution in [2.24, 2.45) is 0 Å². The van der Waals surface area contributed by atoms with Crippen molar-refractivity contribution in [1.82, 2.24) is 4.90 Å². The molecule has 1 atom stereocenters. The predicted octanol–water partition coefficient (Wildman–Crippen LogP) is 2.75. The van der Waals surface area contributed by atoms with Gasteiger partial charge in [0.15, 0.2) is 6.21 Å². The number of hydrogen-bond acceptors (Lipinski definition) is 4. The van der Waals surface area contributed by atoms with Crippen LogP contribution in [0.25, 0.3) is 0 Å². The first-order valence-corrected chi connectivity index (χ1v) is 7.38. The van der Waals surface area contributed by atoms with E-state index >= 15 is 0 Å². The SMILES string of the molecule is CN1C(=S)S[C@H]([N+]([O-])=Cc2cccs2)C1(C)C. The highest BCUT2D eigenvalue weighted by atomic mass is 32.2. The number of thiocarbonyl (C=S) groups is 1. The first kappa shape index (κ1) is 12.9. The number of nitrogens with zero attached hydrogens (tertiary/aromatic N) is 2. The van der Waals surface area contributed by atoms with Gasteiger partial charge in [0.1, 0.15) is 9.86 Å². The van der Waals surface area contributed by atoms with Gasteiger partial charge in [-0.2, -0.15) is 4.74 Å². The standard InChI is InChI=1S/C11H14N2OS3/c1-11(2)9(17-10(15)12(11)3)13(14)7-8-5-4-6-16-8/h4-7,9H,1-3H3/t9-/m0/s1. The minimum Gasteiger partial charge on any atom is -0.623 e. The molecule has 1 aliphatic rings. The largest absolute Gasteiger partial charge is 0.623 e. The minimum atomic E-state index is -0.253. The number of hydrogen-bond donors (Lipinski definition) is 0. The predicted molar refractivity (Wildman–Crippen MR) is 78.9 cm³/mol. The van der Waals surface area contributed by atoms with Crippen LogP contribution in [0.4, 0.5) is 0 Å². The Kier molecular flexibility index (Phi) is 3.47. The van der Waals surface area contributed by atoms with Gasteiger partial charge in [-0.25, -0.2) is 0 Å². The smallest absolute Gasteiger partial charge is 0.238 e. The zero-order valence-electron chi connectivity index (χ0n) is 9.91. The highest BCUT2D eigenvalue weighted by Gasteiger charge is 2.48. The summed E-state index contributed by atoms with van der Waals surface area (Å²) in [4.78, 5) is 2.96. The molecule has 17 heavy (non-hydrogen) atoms. The van der Waals surface area contributed by atoms with Crippen molar-refractivity contribution in [2.45, 2.75) is 24.8 Å². The summed E-state index contributed by atoms with van der Waals surface area (Å²) in [5, 5.41) is 13.9. The quantitative estimate of drug-likeness (QED) is 0.275. The van der Waals surface area contributed by atoms with Crippen molar-refractivity contribution in [2.75, 3.05) is 7.05 Å². The molecule has 2 heterocycles. The number of thiophene rings is 1. The maximum absolute atomic E-state index is 12.2. The Morgan fingerprint density at radius 3 is 2.76 bits per heavy atom. The molecule has 2 rings (SSSR count). The molecule has 3 nitrogen and oxygen atoms in total. The van der Waals surface area contributed by atoms with Gasteiger partial charge in [0, 0.05) is 7.05 Å². The molecule has 1 fully saturated rings. The van der Waals surface area contributed by atoms with Gasteiger partial charge in [-0.15, -0.1) is 11.3 Å². The highest BCUT2D eigenvalue weighted by Crippen LogP contribution is 2.38. The van der Waals surface area contributed by atoms with Crippen LogP contribution in [0.5, 0.6) is 0 Å². The summed E-state index contributed by atoms with van der Waals surface area (Å²) in [6, 6.07) is 3.87. The molecule has 0 aliphatic carbocycles. The summed E-state index contributed by atoms with van der Waals surface area (Å²) in [5.41, 5.74) is -0.253. The minimum absolute atomic E-state index is 0.193. The van der Waals surface area contributed by atoms with Crippen LogP contribution in [0.1, 0.15) is 18.7 Å². The van der Waals surface area contributed by atoms with Crippen LogP contribution in [0.15, 0.2) is 17.5 Å². The zero-order valence-corrected chi connectivity index (χ0v) is 12.4. The molecule has 0 spiro atoms. The Morgan fingerprint density at radius 1 is 1.59 bits per heavy atom. The normalized spacial score (nSPS) is 24.4. The van der Waals surface area contributed by atoms with Crippen molar-refractivity contribution >= 4 is 45.9 Å². The molecule has 0 radical (unpaired) electrons. The van der Waals surface area contributed by atoms with Gasteiger partial charge in [0.25, 0.3) is 0 Å². The molecule has 0 unspecified atom stereocenters. The Balaban J connectivity index is 2.27. The molecule has 0 aromatic carbocycles. The molecule has 1 saturated heterocycles. The van der Waals surface area contributed by atoms with Crippen LogP contribution in [-0.4, -0.2) is 38.1 Å². The average molecular weight is 286 g/mol. The zero-order chi connectivity index (χ0) is 12.6. The van der Waals surface area contributed by atoms with Gasteiger partial charge < -0.3 is 10.1 Å².